The Morgan fingerprint density at radius 1 is 0.756 bits per heavy atom. The predicted octanol–water partition coefficient (Wildman–Crippen LogP) is -0.737. The first-order valence-corrected chi connectivity index (χ1v) is 13.0. The monoisotopic (exact) mass is 578 g/mol. The van der Waals surface area contributed by atoms with Crippen molar-refractivity contribution in [3.8, 4) is 0 Å². The van der Waals surface area contributed by atoms with Crippen LogP contribution in [0.25, 0.3) is 0 Å². The highest BCUT2D eigenvalue weighted by atomic mass is 16.7. The van der Waals surface area contributed by atoms with Crippen molar-refractivity contribution in [2.75, 3.05) is 13.2 Å². The van der Waals surface area contributed by atoms with Crippen molar-refractivity contribution in [1.82, 2.24) is 0 Å². The van der Waals surface area contributed by atoms with Crippen LogP contribution in [0.5, 0.6) is 0 Å². The molecule has 224 valence electrons. The fourth-order valence-corrected chi connectivity index (χ4v) is 4.61. The number of aliphatic hydroxyl groups is 5. The van der Waals surface area contributed by atoms with Gasteiger partial charge in [0.2, 0.25) is 0 Å². The van der Waals surface area contributed by atoms with Crippen LogP contribution in [-0.2, 0) is 39.8 Å². The van der Waals surface area contributed by atoms with Crippen LogP contribution in [0.2, 0.25) is 0 Å². The van der Waals surface area contributed by atoms with E-state index in [0.717, 1.165) is 12.5 Å². The summed E-state index contributed by atoms with van der Waals surface area (Å²) in [5.74, 6) is -1.50. The summed E-state index contributed by atoms with van der Waals surface area (Å²) in [5.41, 5.74) is 0.955. The third kappa shape index (κ3) is 7.65. The van der Waals surface area contributed by atoms with E-state index in [0.29, 0.717) is 0 Å². The van der Waals surface area contributed by atoms with E-state index in [4.69, 9.17) is 28.4 Å². The quantitative estimate of drug-likeness (QED) is 0.222. The van der Waals surface area contributed by atoms with Crippen LogP contribution in [0.3, 0.4) is 0 Å². The van der Waals surface area contributed by atoms with Crippen molar-refractivity contribution in [3.63, 3.8) is 0 Å². The first-order valence-electron chi connectivity index (χ1n) is 13.0. The number of esters is 2. The second-order valence-electron chi connectivity index (χ2n) is 9.67. The average molecular weight is 579 g/mol. The summed E-state index contributed by atoms with van der Waals surface area (Å²) >= 11 is 0. The standard InChI is InChI=1S/C28H34O13/c1-15(30)38-23-19(14-37-28-22(33)21(32)20(31)18(12-29)40-28)39-27(35)25(41-26(34)17-10-6-3-7-11-17)24(23)36-13-16-8-4-2-5-9-16/h2-11,18-25,27-29,31-33,35H,12-14H2,1H3/t18-,19-,20-,21+,22+,23-,24+,25+,27-,28+/m1/s1. The third-order valence-electron chi connectivity index (χ3n) is 6.72. The van der Waals surface area contributed by atoms with Crippen molar-refractivity contribution >= 4 is 11.9 Å². The lowest BCUT2D eigenvalue weighted by molar-refractivity contribution is -0.329. The molecule has 2 fully saturated rings. The molecule has 2 aromatic carbocycles. The molecule has 2 aromatic rings. The molecule has 0 unspecified atom stereocenters. The number of carbonyl (C=O) groups is 2. The minimum absolute atomic E-state index is 0.00430. The summed E-state index contributed by atoms with van der Waals surface area (Å²) in [7, 11) is 0. The molecule has 2 saturated heterocycles. The summed E-state index contributed by atoms with van der Waals surface area (Å²) in [6.45, 7) is 0.0150. The van der Waals surface area contributed by atoms with Gasteiger partial charge in [-0.2, -0.15) is 0 Å². The van der Waals surface area contributed by atoms with Gasteiger partial charge in [0, 0.05) is 6.92 Å². The van der Waals surface area contributed by atoms with Crippen LogP contribution in [0.4, 0.5) is 0 Å². The zero-order valence-electron chi connectivity index (χ0n) is 22.2. The molecule has 2 aliphatic heterocycles. The fraction of sp³-hybridized carbons (Fsp3) is 0.500. The van der Waals surface area contributed by atoms with E-state index in [1.807, 2.05) is 6.07 Å². The number of benzene rings is 2. The first-order chi connectivity index (χ1) is 19.7. The Morgan fingerprint density at radius 3 is 2.05 bits per heavy atom. The number of hydrogen-bond donors (Lipinski definition) is 5. The molecule has 10 atom stereocenters. The highest BCUT2D eigenvalue weighted by Crippen LogP contribution is 2.30. The molecule has 0 saturated carbocycles. The van der Waals surface area contributed by atoms with Crippen LogP contribution in [0.1, 0.15) is 22.8 Å². The molecule has 41 heavy (non-hydrogen) atoms. The number of aliphatic hydroxyl groups excluding tert-OH is 5. The minimum Gasteiger partial charge on any atom is -0.457 e. The van der Waals surface area contributed by atoms with Gasteiger partial charge in [-0.05, 0) is 17.7 Å². The normalized spacial score (nSPS) is 33.6. The Labute approximate surface area is 235 Å². The Morgan fingerprint density at radius 2 is 1.41 bits per heavy atom. The van der Waals surface area contributed by atoms with Crippen LogP contribution >= 0.6 is 0 Å². The van der Waals surface area contributed by atoms with E-state index < -0.39 is 86.6 Å². The van der Waals surface area contributed by atoms with Gasteiger partial charge in [-0.25, -0.2) is 4.79 Å². The minimum atomic E-state index is -1.75. The first kappa shape index (κ1) is 31.0. The van der Waals surface area contributed by atoms with E-state index in [2.05, 4.69) is 0 Å². The number of carbonyl (C=O) groups excluding carboxylic acids is 2. The maximum Gasteiger partial charge on any atom is 0.338 e. The van der Waals surface area contributed by atoms with Crippen molar-refractivity contribution in [1.29, 1.82) is 0 Å². The molecule has 0 spiro atoms. The van der Waals surface area contributed by atoms with E-state index in [9.17, 15) is 35.1 Å². The fourth-order valence-electron chi connectivity index (χ4n) is 4.61. The molecule has 0 bridgehead atoms. The van der Waals surface area contributed by atoms with Crippen molar-refractivity contribution in [2.24, 2.45) is 0 Å². The summed E-state index contributed by atoms with van der Waals surface area (Å²) in [6, 6.07) is 17.1. The molecular weight excluding hydrogens is 544 g/mol. The Balaban J connectivity index is 1.56. The van der Waals surface area contributed by atoms with Crippen molar-refractivity contribution in [2.45, 2.75) is 74.9 Å². The van der Waals surface area contributed by atoms with E-state index in [-0.39, 0.29) is 12.2 Å². The molecule has 13 nitrogen and oxygen atoms in total. The van der Waals surface area contributed by atoms with Gasteiger partial charge in [0.1, 0.15) is 36.6 Å². The second kappa shape index (κ2) is 14.3. The molecule has 0 aromatic heterocycles. The summed E-state index contributed by atoms with van der Waals surface area (Å²) in [4.78, 5) is 25.0. The van der Waals surface area contributed by atoms with E-state index in [1.165, 1.54) is 12.1 Å². The molecule has 0 radical (unpaired) electrons. The van der Waals surface area contributed by atoms with E-state index >= 15 is 0 Å². The van der Waals surface area contributed by atoms with Gasteiger partial charge in [0.15, 0.2) is 24.8 Å². The molecular formula is C28H34O13. The van der Waals surface area contributed by atoms with Gasteiger partial charge in [0.25, 0.3) is 0 Å². The number of ether oxygens (including phenoxy) is 6. The topological polar surface area (TPSA) is 191 Å². The van der Waals surface area contributed by atoms with Gasteiger partial charge in [0.05, 0.1) is 25.4 Å². The average Bonchev–Trinajstić information content (AvgIpc) is 2.97. The maximum absolute atomic E-state index is 12.9. The zero-order valence-corrected chi connectivity index (χ0v) is 22.2. The molecule has 4 rings (SSSR count). The number of rotatable bonds is 10. The van der Waals surface area contributed by atoms with Gasteiger partial charge < -0.3 is 54.0 Å². The van der Waals surface area contributed by atoms with Crippen LogP contribution in [-0.4, -0.2) is 112 Å². The lowest BCUT2D eigenvalue weighted by Gasteiger charge is -2.44. The van der Waals surface area contributed by atoms with Crippen LogP contribution in [0, 0.1) is 0 Å². The molecule has 0 aliphatic carbocycles. The van der Waals surface area contributed by atoms with Gasteiger partial charge in [-0.15, -0.1) is 0 Å². The molecule has 2 aliphatic rings. The van der Waals surface area contributed by atoms with Crippen LogP contribution < -0.4 is 0 Å². The highest BCUT2D eigenvalue weighted by molar-refractivity contribution is 5.89. The highest BCUT2D eigenvalue weighted by Gasteiger charge is 2.51. The summed E-state index contributed by atoms with van der Waals surface area (Å²) in [6.07, 6.45) is -14.6. The van der Waals surface area contributed by atoms with Gasteiger partial charge in [-0.1, -0.05) is 48.5 Å². The van der Waals surface area contributed by atoms with Crippen molar-refractivity contribution < 1.29 is 63.5 Å². The lowest BCUT2D eigenvalue weighted by atomic mass is 9.97. The summed E-state index contributed by atoms with van der Waals surface area (Å²) < 4.78 is 33.8. The van der Waals surface area contributed by atoms with Crippen LogP contribution in [0.15, 0.2) is 60.7 Å². The van der Waals surface area contributed by atoms with Crippen molar-refractivity contribution in [3.05, 3.63) is 71.8 Å². The largest absolute Gasteiger partial charge is 0.457 e. The smallest absolute Gasteiger partial charge is 0.338 e. The molecule has 0 amide bonds. The molecule has 2 heterocycles. The summed E-state index contributed by atoms with van der Waals surface area (Å²) in [5, 5.41) is 50.8. The molecule has 13 heteroatoms. The maximum atomic E-state index is 12.9. The van der Waals surface area contributed by atoms with Gasteiger partial charge >= 0.3 is 11.9 Å². The third-order valence-corrected chi connectivity index (χ3v) is 6.72. The second-order valence-corrected chi connectivity index (χ2v) is 9.67. The Kier molecular flexibility index (Phi) is 10.8. The Hall–Kier alpha value is -2.98. The zero-order chi connectivity index (χ0) is 29.5. The predicted molar refractivity (Wildman–Crippen MR) is 137 cm³/mol. The van der Waals surface area contributed by atoms with E-state index in [1.54, 1.807) is 42.5 Å². The Bertz CT molecular complexity index is 1110. The SMILES string of the molecule is CC(=O)O[C@H]1[C@H](OCc2ccccc2)[C@H](OC(=O)c2ccccc2)[C@H](O)O[C@@H]1CO[C@H]1O[C@H](CO)[C@@H](O)[C@H](O)[C@@H]1O. The van der Waals surface area contributed by atoms with Gasteiger partial charge in [-0.3, -0.25) is 4.79 Å². The molecule has 5 N–H and O–H groups in total. The number of hydrogen-bond acceptors (Lipinski definition) is 13. The lowest BCUT2D eigenvalue weighted by Crippen LogP contribution is -2.63.